The second-order valence-corrected chi connectivity index (χ2v) is 7.46. The summed E-state index contributed by atoms with van der Waals surface area (Å²) in [7, 11) is 0. The van der Waals surface area contributed by atoms with Gasteiger partial charge in [-0.25, -0.2) is 0 Å². The Labute approximate surface area is 160 Å². The zero-order valence-corrected chi connectivity index (χ0v) is 15.5. The Kier molecular flexibility index (Phi) is 4.06. The van der Waals surface area contributed by atoms with Crippen molar-refractivity contribution in [2.75, 3.05) is 13.1 Å². The van der Waals surface area contributed by atoms with E-state index in [0.29, 0.717) is 12.0 Å². The van der Waals surface area contributed by atoms with Crippen LogP contribution in [0.15, 0.2) is 89.3 Å². The second-order valence-electron chi connectivity index (χ2n) is 7.46. The summed E-state index contributed by atoms with van der Waals surface area (Å²) in [5, 5.41) is 1.24. The monoisotopic (exact) mass is 353 g/mol. The van der Waals surface area contributed by atoms with E-state index in [4.69, 9.17) is 4.42 Å². The highest BCUT2D eigenvalue weighted by Crippen LogP contribution is 2.41. The third kappa shape index (κ3) is 2.87. The smallest absolute Gasteiger partial charge is 0.134 e. The normalized spacial score (nSPS) is 15.3. The van der Waals surface area contributed by atoms with Crippen LogP contribution < -0.4 is 0 Å². The lowest BCUT2D eigenvalue weighted by atomic mass is 9.88. The van der Waals surface area contributed by atoms with E-state index in [-0.39, 0.29) is 0 Å². The van der Waals surface area contributed by atoms with Crippen LogP contribution in [0.2, 0.25) is 0 Å². The van der Waals surface area contributed by atoms with Crippen molar-refractivity contribution in [1.82, 2.24) is 4.90 Å². The molecule has 2 heterocycles. The van der Waals surface area contributed by atoms with Gasteiger partial charge in [-0.15, -0.1) is 0 Å². The lowest BCUT2D eigenvalue weighted by Crippen LogP contribution is -2.47. The molecule has 27 heavy (non-hydrogen) atoms. The summed E-state index contributed by atoms with van der Waals surface area (Å²) in [5.74, 6) is 1.62. The van der Waals surface area contributed by atoms with Crippen LogP contribution in [0.5, 0.6) is 0 Å². The SMILES string of the molecule is Cc1c(C2CN(C(c3ccccc3)c3ccccc3)C2)oc2ccccc12. The molecule has 0 unspecified atom stereocenters. The topological polar surface area (TPSA) is 16.4 Å². The molecular formula is C25H23NO. The van der Waals surface area contributed by atoms with E-state index >= 15 is 0 Å². The third-order valence-corrected chi connectivity index (χ3v) is 5.76. The molecule has 3 aromatic carbocycles. The molecule has 1 aliphatic heterocycles. The zero-order valence-electron chi connectivity index (χ0n) is 15.5. The van der Waals surface area contributed by atoms with Gasteiger partial charge in [0, 0.05) is 24.4 Å². The molecule has 0 aliphatic carbocycles. The summed E-state index contributed by atoms with van der Waals surface area (Å²) in [6, 6.07) is 30.3. The number of likely N-dealkylation sites (tertiary alicyclic amines) is 1. The molecule has 1 aliphatic rings. The molecule has 0 spiro atoms. The van der Waals surface area contributed by atoms with Crippen molar-refractivity contribution in [2.24, 2.45) is 0 Å². The van der Waals surface area contributed by atoms with Gasteiger partial charge >= 0.3 is 0 Å². The molecule has 2 heteroatoms. The Morgan fingerprint density at radius 3 is 1.93 bits per heavy atom. The number of hydrogen-bond donors (Lipinski definition) is 0. The first-order valence-corrected chi connectivity index (χ1v) is 9.63. The Morgan fingerprint density at radius 2 is 1.33 bits per heavy atom. The maximum atomic E-state index is 6.22. The highest BCUT2D eigenvalue weighted by Gasteiger charge is 2.37. The number of para-hydroxylation sites is 1. The lowest BCUT2D eigenvalue weighted by Gasteiger charge is -2.44. The molecule has 0 N–H and O–H groups in total. The average Bonchev–Trinajstić information content (AvgIpc) is 3.02. The van der Waals surface area contributed by atoms with Gasteiger partial charge in [0.1, 0.15) is 11.3 Å². The van der Waals surface area contributed by atoms with Crippen molar-refractivity contribution >= 4 is 11.0 Å². The first-order valence-electron chi connectivity index (χ1n) is 9.63. The lowest BCUT2D eigenvalue weighted by molar-refractivity contribution is 0.1000. The van der Waals surface area contributed by atoms with Gasteiger partial charge in [-0.05, 0) is 29.7 Å². The number of benzene rings is 3. The van der Waals surface area contributed by atoms with Gasteiger partial charge in [-0.2, -0.15) is 0 Å². The molecular weight excluding hydrogens is 330 g/mol. The van der Waals surface area contributed by atoms with Crippen LogP contribution in [0, 0.1) is 6.92 Å². The van der Waals surface area contributed by atoms with Gasteiger partial charge in [0.25, 0.3) is 0 Å². The first-order chi connectivity index (χ1) is 13.3. The summed E-state index contributed by atoms with van der Waals surface area (Å²) >= 11 is 0. The number of fused-ring (bicyclic) bond motifs is 1. The maximum absolute atomic E-state index is 6.22. The number of nitrogens with zero attached hydrogens (tertiary/aromatic N) is 1. The van der Waals surface area contributed by atoms with E-state index in [2.05, 4.69) is 90.7 Å². The van der Waals surface area contributed by atoms with E-state index in [1.54, 1.807) is 0 Å². The summed E-state index contributed by atoms with van der Waals surface area (Å²) in [5.41, 5.74) is 5.00. The molecule has 0 saturated carbocycles. The summed E-state index contributed by atoms with van der Waals surface area (Å²) in [4.78, 5) is 2.56. The minimum absolute atomic E-state index is 0.299. The highest BCUT2D eigenvalue weighted by molar-refractivity contribution is 5.82. The Hall–Kier alpha value is -2.84. The molecule has 0 atom stereocenters. The van der Waals surface area contributed by atoms with Crippen molar-refractivity contribution in [3.8, 4) is 0 Å². The molecule has 5 rings (SSSR count). The van der Waals surface area contributed by atoms with Crippen molar-refractivity contribution in [1.29, 1.82) is 0 Å². The maximum Gasteiger partial charge on any atom is 0.134 e. The number of rotatable bonds is 4. The van der Waals surface area contributed by atoms with Crippen LogP contribution in [0.3, 0.4) is 0 Å². The number of furan rings is 1. The Bertz CT molecular complexity index is 1010. The standard InChI is InChI=1S/C25H23NO/c1-18-22-14-8-9-15-23(22)27-25(18)21-16-26(17-21)24(19-10-4-2-5-11-19)20-12-6-3-7-13-20/h2-15,21,24H,16-17H2,1H3. The van der Waals surface area contributed by atoms with Gasteiger partial charge < -0.3 is 4.42 Å². The molecule has 134 valence electrons. The Morgan fingerprint density at radius 1 is 0.778 bits per heavy atom. The third-order valence-electron chi connectivity index (χ3n) is 5.76. The quantitative estimate of drug-likeness (QED) is 0.452. The van der Waals surface area contributed by atoms with Gasteiger partial charge in [0.05, 0.1) is 6.04 Å². The van der Waals surface area contributed by atoms with Crippen LogP contribution in [0.1, 0.15) is 34.4 Å². The fourth-order valence-corrected chi connectivity index (χ4v) is 4.36. The second kappa shape index (κ2) is 6.71. The molecule has 4 aromatic rings. The largest absolute Gasteiger partial charge is 0.460 e. The van der Waals surface area contributed by atoms with E-state index in [0.717, 1.165) is 24.4 Å². The van der Waals surface area contributed by atoms with Crippen molar-refractivity contribution in [2.45, 2.75) is 18.9 Å². The average molecular weight is 353 g/mol. The van der Waals surface area contributed by atoms with Gasteiger partial charge in [-0.3, -0.25) is 4.90 Å². The highest BCUT2D eigenvalue weighted by atomic mass is 16.3. The molecule has 0 bridgehead atoms. The van der Waals surface area contributed by atoms with Crippen LogP contribution >= 0.6 is 0 Å². The fraction of sp³-hybridized carbons (Fsp3) is 0.200. The molecule has 1 fully saturated rings. The van der Waals surface area contributed by atoms with E-state index in [1.165, 1.54) is 22.1 Å². The predicted molar refractivity (Wildman–Crippen MR) is 110 cm³/mol. The van der Waals surface area contributed by atoms with Crippen molar-refractivity contribution in [3.05, 3.63) is 107 Å². The summed E-state index contributed by atoms with van der Waals surface area (Å²) in [6.45, 7) is 4.24. The zero-order chi connectivity index (χ0) is 18.2. The number of hydrogen-bond acceptors (Lipinski definition) is 2. The first kappa shape index (κ1) is 16.3. The minimum Gasteiger partial charge on any atom is -0.460 e. The summed E-state index contributed by atoms with van der Waals surface area (Å²) in [6.07, 6.45) is 0. The van der Waals surface area contributed by atoms with E-state index in [1.807, 2.05) is 6.07 Å². The van der Waals surface area contributed by atoms with Crippen LogP contribution in [-0.4, -0.2) is 18.0 Å². The van der Waals surface area contributed by atoms with E-state index < -0.39 is 0 Å². The molecule has 0 amide bonds. The minimum atomic E-state index is 0.299. The van der Waals surface area contributed by atoms with E-state index in [9.17, 15) is 0 Å². The molecule has 2 nitrogen and oxygen atoms in total. The Balaban J connectivity index is 1.44. The van der Waals surface area contributed by atoms with Crippen LogP contribution in [0.25, 0.3) is 11.0 Å². The van der Waals surface area contributed by atoms with Crippen LogP contribution in [-0.2, 0) is 0 Å². The van der Waals surface area contributed by atoms with Crippen molar-refractivity contribution in [3.63, 3.8) is 0 Å². The number of aryl methyl sites for hydroxylation is 1. The van der Waals surface area contributed by atoms with Crippen molar-refractivity contribution < 1.29 is 4.42 Å². The van der Waals surface area contributed by atoms with Crippen LogP contribution in [0.4, 0.5) is 0 Å². The van der Waals surface area contributed by atoms with Gasteiger partial charge in [0.15, 0.2) is 0 Å². The molecule has 1 saturated heterocycles. The molecule has 0 radical (unpaired) electrons. The van der Waals surface area contributed by atoms with Gasteiger partial charge in [-0.1, -0.05) is 78.9 Å². The molecule has 1 aromatic heterocycles. The van der Waals surface area contributed by atoms with Gasteiger partial charge in [0.2, 0.25) is 0 Å². The predicted octanol–water partition coefficient (Wildman–Crippen LogP) is 5.93. The summed E-state index contributed by atoms with van der Waals surface area (Å²) < 4.78 is 6.22. The fourth-order valence-electron chi connectivity index (χ4n) is 4.36.